The summed E-state index contributed by atoms with van der Waals surface area (Å²) in [6.07, 6.45) is 2.00. The van der Waals surface area contributed by atoms with Crippen LogP contribution >= 0.6 is 11.8 Å². The fourth-order valence-electron chi connectivity index (χ4n) is 1.39. The Hall–Kier alpha value is -1.95. The van der Waals surface area contributed by atoms with Crippen molar-refractivity contribution in [2.45, 2.75) is 4.90 Å². The van der Waals surface area contributed by atoms with Crippen molar-refractivity contribution in [1.82, 2.24) is 9.97 Å². The summed E-state index contributed by atoms with van der Waals surface area (Å²) in [7, 11) is 0. The van der Waals surface area contributed by atoms with Crippen LogP contribution in [0, 0.1) is 0 Å². The maximum atomic E-state index is 11.5. The zero-order valence-electron chi connectivity index (χ0n) is 9.23. The zero-order valence-corrected chi connectivity index (χ0v) is 10.0. The Morgan fingerprint density at radius 3 is 2.41 bits per heavy atom. The highest BCUT2D eigenvalue weighted by Gasteiger charge is 2.06. The number of thioether (sulfide) groups is 1. The van der Waals surface area contributed by atoms with Crippen LogP contribution in [-0.2, 0) is 0 Å². The molecule has 0 atom stereocenters. The van der Waals surface area contributed by atoms with Gasteiger partial charge in [0.2, 0.25) is 0 Å². The number of nitrogens with one attached hydrogen (secondary N) is 1. The Balaban J connectivity index is 2.49. The molecule has 88 valence electrons. The van der Waals surface area contributed by atoms with Gasteiger partial charge in [-0.1, -0.05) is 12.1 Å². The number of nitrogen functional groups attached to an aromatic ring is 2. The lowest BCUT2D eigenvalue weighted by Crippen LogP contribution is -2.16. The minimum absolute atomic E-state index is 0.0468. The molecule has 6 heteroatoms. The van der Waals surface area contributed by atoms with Crippen LogP contribution in [0.4, 0.5) is 11.5 Å². The van der Waals surface area contributed by atoms with Crippen molar-refractivity contribution in [3.63, 3.8) is 0 Å². The van der Waals surface area contributed by atoms with E-state index in [2.05, 4.69) is 9.97 Å². The fraction of sp³-hybridized carbons (Fsp3) is 0.0909. The average Bonchev–Trinajstić information content (AvgIpc) is 2.35. The van der Waals surface area contributed by atoms with Gasteiger partial charge in [-0.25, -0.2) is 4.98 Å². The standard InChI is InChI=1S/C11H12N4OS/c1-17-7-4-2-6(3-5-7)10-14-9(13)8(12)11(16)15-10/h2-5H,12H2,1H3,(H3,13,14,15,16). The number of anilines is 2. The van der Waals surface area contributed by atoms with Crippen molar-refractivity contribution in [1.29, 1.82) is 0 Å². The molecule has 0 radical (unpaired) electrons. The van der Waals surface area contributed by atoms with E-state index in [9.17, 15) is 4.79 Å². The fourth-order valence-corrected chi connectivity index (χ4v) is 1.79. The Morgan fingerprint density at radius 1 is 1.24 bits per heavy atom. The summed E-state index contributed by atoms with van der Waals surface area (Å²) >= 11 is 1.64. The first kappa shape index (κ1) is 11.5. The van der Waals surface area contributed by atoms with Gasteiger partial charge in [0.15, 0.2) is 5.82 Å². The van der Waals surface area contributed by atoms with Crippen molar-refractivity contribution in [2.75, 3.05) is 17.7 Å². The van der Waals surface area contributed by atoms with E-state index in [1.807, 2.05) is 30.5 Å². The summed E-state index contributed by atoms with van der Waals surface area (Å²) < 4.78 is 0. The van der Waals surface area contributed by atoms with Crippen LogP contribution < -0.4 is 17.0 Å². The molecule has 0 bridgehead atoms. The maximum Gasteiger partial charge on any atom is 0.276 e. The Kier molecular flexibility index (Phi) is 3.06. The smallest absolute Gasteiger partial charge is 0.276 e. The number of nitrogens with two attached hydrogens (primary N) is 2. The molecule has 17 heavy (non-hydrogen) atoms. The third-order valence-corrected chi connectivity index (χ3v) is 3.09. The summed E-state index contributed by atoms with van der Waals surface area (Å²) in [4.78, 5) is 19.2. The van der Waals surface area contributed by atoms with Crippen LogP contribution in [0.25, 0.3) is 11.4 Å². The first-order valence-corrected chi connectivity index (χ1v) is 6.14. The number of H-pyrrole nitrogens is 1. The highest BCUT2D eigenvalue weighted by atomic mass is 32.2. The second kappa shape index (κ2) is 4.50. The summed E-state index contributed by atoms with van der Waals surface area (Å²) in [6, 6.07) is 7.65. The predicted octanol–water partition coefficient (Wildman–Crippen LogP) is 1.32. The van der Waals surface area contributed by atoms with Crippen LogP contribution in [0.1, 0.15) is 0 Å². The van der Waals surface area contributed by atoms with E-state index in [0.717, 1.165) is 10.5 Å². The molecule has 1 aromatic heterocycles. The van der Waals surface area contributed by atoms with Crippen molar-refractivity contribution >= 4 is 23.3 Å². The lowest BCUT2D eigenvalue weighted by Gasteiger charge is -2.04. The van der Waals surface area contributed by atoms with E-state index in [0.29, 0.717) is 5.82 Å². The van der Waals surface area contributed by atoms with Gasteiger partial charge < -0.3 is 16.5 Å². The molecule has 5 nitrogen and oxygen atoms in total. The highest BCUT2D eigenvalue weighted by Crippen LogP contribution is 2.20. The van der Waals surface area contributed by atoms with Crippen LogP contribution in [-0.4, -0.2) is 16.2 Å². The van der Waals surface area contributed by atoms with Gasteiger partial charge in [0, 0.05) is 10.5 Å². The SMILES string of the molecule is CSc1ccc(-c2nc(N)c(N)c(=O)[nH]2)cc1. The van der Waals surface area contributed by atoms with Gasteiger partial charge in [-0.2, -0.15) is 0 Å². The second-order valence-electron chi connectivity index (χ2n) is 3.44. The number of benzene rings is 1. The number of hydrogen-bond acceptors (Lipinski definition) is 5. The molecule has 0 spiro atoms. The Morgan fingerprint density at radius 2 is 1.88 bits per heavy atom. The number of nitrogens with zero attached hydrogens (tertiary/aromatic N) is 1. The van der Waals surface area contributed by atoms with Gasteiger partial charge in [0.05, 0.1) is 0 Å². The molecule has 0 aliphatic rings. The molecule has 0 amide bonds. The second-order valence-corrected chi connectivity index (χ2v) is 4.32. The van der Waals surface area contributed by atoms with Crippen LogP contribution in [0.3, 0.4) is 0 Å². The first-order chi connectivity index (χ1) is 8.11. The summed E-state index contributed by atoms with van der Waals surface area (Å²) in [5.74, 6) is 0.479. The monoisotopic (exact) mass is 248 g/mol. The summed E-state index contributed by atoms with van der Waals surface area (Å²) in [5, 5.41) is 0. The number of aromatic amines is 1. The molecular formula is C11H12N4OS. The maximum absolute atomic E-state index is 11.5. The quantitative estimate of drug-likeness (QED) is 0.696. The summed E-state index contributed by atoms with van der Waals surface area (Å²) in [6.45, 7) is 0. The van der Waals surface area contributed by atoms with Crippen LogP contribution in [0.2, 0.25) is 0 Å². The van der Waals surface area contributed by atoms with E-state index < -0.39 is 5.56 Å². The Bertz CT molecular complexity index is 591. The molecule has 0 fully saturated rings. The van der Waals surface area contributed by atoms with E-state index >= 15 is 0 Å². The summed E-state index contributed by atoms with van der Waals surface area (Å²) in [5.41, 5.74) is 11.3. The lowest BCUT2D eigenvalue weighted by molar-refractivity contribution is 1.14. The molecule has 5 N–H and O–H groups in total. The largest absolute Gasteiger partial charge is 0.391 e. The third-order valence-electron chi connectivity index (χ3n) is 2.35. The van der Waals surface area contributed by atoms with E-state index in [1.165, 1.54) is 0 Å². The molecule has 0 aliphatic heterocycles. The van der Waals surface area contributed by atoms with E-state index in [1.54, 1.807) is 11.8 Å². The normalized spacial score (nSPS) is 10.4. The zero-order chi connectivity index (χ0) is 12.4. The minimum Gasteiger partial charge on any atom is -0.391 e. The molecule has 0 aliphatic carbocycles. The van der Waals surface area contributed by atoms with Crippen LogP contribution in [0.5, 0.6) is 0 Å². The number of rotatable bonds is 2. The molecular weight excluding hydrogens is 236 g/mol. The topological polar surface area (TPSA) is 97.8 Å². The van der Waals surface area contributed by atoms with Crippen molar-refractivity contribution in [2.24, 2.45) is 0 Å². The van der Waals surface area contributed by atoms with Gasteiger partial charge >= 0.3 is 0 Å². The predicted molar refractivity (Wildman–Crippen MR) is 70.9 cm³/mol. The first-order valence-electron chi connectivity index (χ1n) is 4.91. The minimum atomic E-state index is -0.415. The molecule has 0 saturated carbocycles. The van der Waals surface area contributed by atoms with Gasteiger partial charge in [-0.15, -0.1) is 11.8 Å². The Labute approximate surface area is 102 Å². The van der Waals surface area contributed by atoms with Crippen molar-refractivity contribution in [3.05, 3.63) is 34.6 Å². The van der Waals surface area contributed by atoms with Gasteiger partial charge in [-0.05, 0) is 18.4 Å². The van der Waals surface area contributed by atoms with Crippen molar-refractivity contribution < 1.29 is 0 Å². The molecule has 1 heterocycles. The highest BCUT2D eigenvalue weighted by molar-refractivity contribution is 7.98. The van der Waals surface area contributed by atoms with Crippen LogP contribution in [0.15, 0.2) is 34.0 Å². The number of aromatic nitrogens is 2. The third kappa shape index (κ3) is 2.26. The average molecular weight is 248 g/mol. The molecule has 2 aromatic rings. The lowest BCUT2D eigenvalue weighted by atomic mass is 10.2. The van der Waals surface area contributed by atoms with E-state index in [-0.39, 0.29) is 11.5 Å². The molecule has 2 rings (SSSR count). The van der Waals surface area contributed by atoms with Gasteiger partial charge in [0.25, 0.3) is 5.56 Å². The van der Waals surface area contributed by atoms with Crippen molar-refractivity contribution in [3.8, 4) is 11.4 Å². The van der Waals surface area contributed by atoms with Gasteiger partial charge in [-0.3, -0.25) is 4.79 Å². The molecule has 0 unspecified atom stereocenters. The molecule has 0 saturated heterocycles. The molecule has 1 aromatic carbocycles. The van der Waals surface area contributed by atoms with E-state index in [4.69, 9.17) is 11.5 Å². The number of hydrogen-bond donors (Lipinski definition) is 3. The van der Waals surface area contributed by atoms with Gasteiger partial charge in [0.1, 0.15) is 11.5 Å².